The molecule has 1 saturated heterocycles. The van der Waals surface area contributed by atoms with Gasteiger partial charge in [0, 0.05) is 14.1 Å². The summed E-state index contributed by atoms with van der Waals surface area (Å²) in [7, 11) is 0.454. The fourth-order valence-electron chi connectivity index (χ4n) is 3.29. The number of rotatable bonds is 7. The monoisotopic (exact) mass is 460 g/mol. The Balaban J connectivity index is 1.79. The summed E-state index contributed by atoms with van der Waals surface area (Å²) in [5.41, 5.74) is -0.770. The molecule has 32 heavy (non-hydrogen) atoms. The van der Waals surface area contributed by atoms with Crippen molar-refractivity contribution in [2.45, 2.75) is 17.4 Å². The highest BCUT2D eigenvalue weighted by Crippen LogP contribution is 2.30. The van der Waals surface area contributed by atoms with Crippen molar-refractivity contribution in [2.24, 2.45) is 0 Å². The number of sulfonamides is 1. The molecule has 0 saturated carbocycles. The van der Waals surface area contributed by atoms with Gasteiger partial charge in [-0.05, 0) is 36.8 Å². The van der Waals surface area contributed by atoms with Crippen molar-refractivity contribution >= 4 is 33.6 Å². The zero-order valence-corrected chi connectivity index (χ0v) is 18.9. The molecule has 1 heterocycles. The average molecular weight is 461 g/mol. The number of carbonyl (C=O) groups is 3. The second-order valence-electron chi connectivity index (χ2n) is 7.51. The summed E-state index contributed by atoms with van der Waals surface area (Å²) < 4.78 is 31.1. The fourth-order valence-corrected chi connectivity index (χ4v) is 4.33. The topological polar surface area (TPSA) is 125 Å². The number of urea groups is 1. The molecule has 170 valence electrons. The first-order valence-electron chi connectivity index (χ1n) is 9.60. The number of benzene rings is 2. The lowest BCUT2D eigenvalue weighted by molar-refractivity contribution is -0.133. The molecular weight excluding hydrogens is 436 g/mol. The van der Waals surface area contributed by atoms with E-state index in [0.29, 0.717) is 11.3 Å². The van der Waals surface area contributed by atoms with Crippen molar-refractivity contribution in [3.63, 3.8) is 0 Å². The van der Waals surface area contributed by atoms with E-state index >= 15 is 0 Å². The van der Waals surface area contributed by atoms with Gasteiger partial charge in [0.1, 0.15) is 22.7 Å². The molecule has 2 aromatic carbocycles. The summed E-state index contributed by atoms with van der Waals surface area (Å²) in [6, 6.07) is 11.8. The molecule has 0 bridgehead atoms. The maximum atomic E-state index is 13.0. The molecule has 4 amide bonds. The number of imide groups is 1. The normalized spacial score (nSPS) is 18.6. The zero-order valence-electron chi connectivity index (χ0n) is 18.1. The Morgan fingerprint density at radius 2 is 1.75 bits per heavy atom. The summed E-state index contributed by atoms with van der Waals surface area (Å²) in [6.45, 7) is 0.971. The summed E-state index contributed by atoms with van der Waals surface area (Å²) in [4.78, 5) is 38.8. The lowest BCUT2D eigenvalue weighted by Crippen LogP contribution is -2.42. The van der Waals surface area contributed by atoms with Crippen LogP contribution in [0, 0.1) is 0 Å². The van der Waals surface area contributed by atoms with Gasteiger partial charge in [-0.3, -0.25) is 14.5 Å². The Labute approximate surface area is 186 Å². The predicted octanol–water partition coefficient (Wildman–Crippen LogP) is 1.35. The highest BCUT2D eigenvalue weighted by molar-refractivity contribution is 7.89. The van der Waals surface area contributed by atoms with E-state index in [0.717, 1.165) is 9.21 Å². The van der Waals surface area contributed by atoms with Crippen LogP contribution >= 0.6 is 0 Å². The predicted molar refractivity (Wildman–Crippen MR) is 117 cm³/mol. The second kappa shape index (κ2) is 8.60. The van der Waals surface area contributed by atoms with Gasteiger partial charge in [0.05, 0.1) is 12.8 Å². The van der Waals surface area contributed by atoms with Crippen LogP contribution in [0.1, 0.15) is 12.5 Å². The Morgan fingerprint density at radius 3 is 2.34 bits per heavy atom. The van der Waals surface area contributed by atoms with Gasteiger partial charge in [-0.25, -0.2) is 17.5 Å². The lowest BCUT2D eigenvalue weighted by atomic mass is 9.92. The fraction of sp³-hybridized carbons (Fsp3) is 0.286. The van der Waals surface area contributed by atoms with E-state index in [1.54, 1.807) is 37.3 Å². The average Bonchev–Trinajstić information content (AvgIpc) is 2.97. The number of ether oxygens (including phenoxy) is 1. The first kappa shape index (κ1) is 23.2. The molecule has 1 unspecified atom stereocenters. The largest absolute Gasteiger partial charge is 0.497 e. The quantitative estimate of drug-likeness (QED) is 0.601. The van der Waals surface area contributed by atoms with E-state index in [2.05, 4.69) is 10.6 Å². The summed E-state index contributed by atoms with van der Waals surface area (Å²) in [5.74, 6) is -0.720. The molecule has 3 rings (SSSR count). The Hall–Kier alpha value is -3.44. The highest BCUT2D eigenvalue weighted by atomic mass is 32.2. The number of methoxy groups -OCH3 is 1. The number of hydrogen-bond acceptors (Lipinski definition) is 6. The summed E-state index contributed by atoms with van der Waals surface area (Å²) in [5, 5.41) is 5.10. The smallest absolute Gasteiger partial charge is 0.325 e. The molecule has 2 N–H and O–H groups in total. The lowest BCUT2D eigenvalue weighted by Gasteiger charge is -2.22. The van der Waals surface area contributed by atoms with Gasteiger partial charge in [-0.1, -0.05) is 24.3 Å². The van der Waals surface area contributed by atoms with Crippen LogP contribution < -0.4 is 15.4 Å². The molecule has 0 radical (unpaired) electrons. The first-order valence-corrected chi connectivity index (χ1v) is 11.0. The van der Waals surface area contributed by atoms with E-state index in [4.69, 9.17) is 4.74 Å². The minimum Gasteiger partial charge on any atom is -0.497 e. The van der Waals surface area contributed by atoms with Gasteiger partial charge in [-0.2, -0.15) is 0 Å². The van der Waals surface area contributed by atoms with E-state index in [1.165, 1.54) is 39.4 Å². The molecule has 1 aliphatic rings. The van der Waals surface area contributed by atoms with Gasteiger partial charge < -0.3 is 15.4 Å². The minimum absolute atomic E-state index is 0.0520. The van der Waals surface area contributed by atoms with Crippen LogP contribution in [0.5, 0.6) is 5.75 Å². The Morgan fingerprint density at radius 1 is 1.12 bits per heavy atom. The first-order chi connectivity index (χ1) is 15.0. The molecular formula is C21H24N4O6S. The van der Waals surface area contributed by atoms with Crippen LogP contribution in [0.4, 0.5) is 10.5 Å². The van der Waals surface area contributed by atoms with E-state index in [1.807, 2.05) is 0 Å². The summed E-state index contributed by atoms with van der Waals surface area (Å²) >= 11 is 0. The maximum Gasteiger partial charge on any atom is 0.325 e. The third kappa shape index (κ3) is 4.16. The summed E-state index contributed by atoms with van der Waals surface area (Å²) in [6.07, 6.45) is 0. The van der Waals surface area contributed by atoms with Crippen LogP contribution in [0.2, 0.25) is 0 Å². The van der Waals surface area contributed by atoms with Crippen LogP contribution in [-0.4, -0.2) is 63.2 Å². The van der Waals surface area contributed by atoms with Crippen molar-refractivity contribution in [1.82, 2.24) is 14.5 Å². The van der Waals surface area contributed by atoms with Gasteiger partial charge in [0.2, 0.25) is 15.9 Å². The molecule has 10 nitrogen and oxygen atoms in total. The van der Waals surface area contributed by atoms with Crippen molar-refractivity contribution < 1.29 is 27.5 Å². The molecule has 1 atom stereocenters. The molecule has 0 aromatic heterocycles. The van der Waals surface area contributed by atoms with E-state index in [9.17, 15) is 22.8 Å². The SMILES string of the molecule is COc1ccc(C2(C)NC(=O)N(CC(=O)Nc3ccccc3S(=O)(=O)N(C)C)C2=O)cc1. The number of carbonyl (C=O) groups excluding carboxylic acids is 3. The second-order valence-corrected chi connectivity index (χ2v) is 9.63. The van der Waals surface area contributed by atoms with Crippen LogP contribution in [0.3, 0.4) is 0 Å². The number of para-hydroxylation sites is 1. The van der Waals surface area contributed by atoms with Crippen LogP contribution in [-0.2, 0) is 25.2 Å². The van der Waals surface area contributed by atoms with Gasteiger partial charge in [0.25, 0.3) is 5.91 Å². The number of amides is 4. The molecule has 0 spiro atoms. The number of hydrogen-bond donors (Lipinski definition) is 2. The molecule has 2 aromatic rings. The maximum absolute atomic E-state index is 13.0. The van der Waals surface area contributed by atoms with Crippen molar-refractivity contribution in [2.75, 3.05) is 33.1 Å². The van der Waals surface area contributed by atoms with Gasteiger partial charge in [0.15, 0.2) is 0 Å². The van der Waals surface area contributed by atoms with E-state index < -0.39 is 40.0 Å². The van der Waals surface area contributed by atoms with Crippen LogP contribution in [0.15, 0.2) is 53.4 Å². The van der Waals surface area contributed by atoms with Crippen LogP contribution in [0.25, 0.3) is 0 Å². The zero-order chi connectivity index (χ0) is 23.7. The Bertz CT molecular complexity index is 1160. The molecule has 11 heteroatoms. The van der Waals surface area contributed by atoms with Crippen molar-refractivity contribution in [3.05, 3.63) is 54.1 Å². The number of nitrogens with one attached hydrogen (secondary N) is 2. The van der Waals surface area contributed by atoms with Gasteiger partial charge >= 0.3 is 6.03 Å². The Kier molecular flexibility index (Phi) is 6.24. The van der Waals surface area contributed by atoms with Crippen molar-refractivity contribution in [3.8, 4) is 5.75 Å². The van der Waals surface area contributed by atoms with Crippen molar-refractivity contribution in [1.29, 1.82) is 0 Å². The van der Waals surface area contributed by atoms with E-state index in [-0.39, 0.29) is 10.6 Å². The number of anilines is 1. The molecule has 1 aliphatic heterocycles. The number of nitrogens with zero attached hydrogens (tertiary/aromatic N) is 2. The molecule has 0 aliphatic carbocycles. The third-order valence-electron chi connectivity index (χ3n) is 5.16. The molecule has 1 fully saturated rings. The van der Waals surface area contributed by atoms with Gasteiger partial charge in [-0.15, -0.1) is 0 Å². The highest BCUT2D eigenvalue weighted by Gasteiger charge is 2.49. The minimum atomic E-state index is -3.81. The third-order valence-corrected chi connectivity index (χ3v) is 7.04. The standard InChI is InChI=1S/C21H24N4O6S/c1-21(14-9-11-15(31-4)12-10-14)19(27)25(20(28)23-21)13-18(26)22-16-7-5-6-8-17(16)32(29,30)24(2)3/h5-12H,13H2,1-4H3,(H,22,26)(H,23,28).